The first kappa shape index (κ1) is 14.1. The summed E-state index contributed by atoms with van der Waals surface area (Å²) in [5.41, 5.74) is -1.01. The van der Waals surface area contributed by atoms with Gasteiger partial charge < -0.3 is 14.7 Å². The molecule has 1 N–H and O–H groups in total. The third-order valence-electron chi connectivity index (χ3n) is 2.23. The molecule has 0 aliphatic heterocycles. The van der Waals surface area contributed by atoms with E-state index in [9.17, 15) is 13.2 Å². The number of alkyl halides is 3. The first-order chi connectivity index (χ1) is 8.40. The number of benzene rings is 1. The molecule has 4 nitrogen and oxygen atoms in total. The van der Waals surface area contributed by atoms with Crippen LogP contribution in [0.1, 0.15) is 5.56 Å². The predicted molar refractivity (Wildman–Crippen MR) is 58.5 cm³/mol. The minimum Gasteiger partial charge on any atom is -0.497 e. The summed E-state index contributed by atoms with van der Waals surface area (Å²) in [7, 11) is 2.78. The van der Waals surface area contributed by atoms with E-state index in [0.29, 0.717) is 11.5 Å². The van der Waals surface area contributed by atoms with Crippen LogP contribution in [-0.2, 0) is 6.42 Å². The van der Waals surface area contributed by atoms with Gasteiger partial charge in [0.15, 0.2) is 5.71 Å². The van der Waals surface area contributed by atoms with Crippen LogP contribution in [0.3, 0.4) is 0 Å². The van der Waals surface area contributed by atoms with Gasteiger partial charge in [0, 0.05) is 12.5 Å². The second-order valence-corrected chi connectivity index (χ2v) is 3.44. The summed E-state index contributed by atoms with van der Waals surface area (Å²) in [5, 5.41) is 10.7. The van der Waals surface area contributed by atoms with Crippen molar-refractivity contribution in [2.75, 3.05) is 14.2 Å². The predicted octanol–water partition coefficient (Wildman–Crippen LogP) is 2.64. The number of methoxy groups -OCH3 is 2. The van der Waals surface area contributed by atoms with E-state index >= 15 is 0 Å². The highest BCUT2D eigenvalue weighted by Gasteiger charge is 2.36. The molecule has 0 aromatic heterocycles. The lowest BCUT2D eigenvalue weighted by molar-refractivity contribution is -0.0622. The van der Waals surface area contributed by atoms with Crippen molar-refractivity contribution in [1.82, 2.24) is 0 Å². The monoisotopic (exact) mass is 263 g/mol. The summed E-state index contributed by atoms with van der Waals surface area (Å²) in [6, 6.07) is 4.37. The maximum absolute atomic E-state index is 12.4. The van der Waals surface area contributed by atoms with Gasteiger partial charge in [0.2, 0.25) is 0 Å². The zero-order valence-electron chi connectivity index (χ0n) is 9.78. The summed E-state index contributed by atoms with van der Waals surface area (Å²) in [6.45, 7) is 0. The molecule has 0 bridgehead atoms. The minimum absolute atomic E-state index is 0.274. The average Bonchev–Trinajstić information content (AvgIpc) is 2.33. The quantitative estimate of drug-likeness (QED) is 0.516. The Hall–Kier alpha value is -1.92. The van der Waals surface area contributed by atoms with Crippen molar-refractivity contribution in [2.45, 2.75) is 12.6 Å². The molecule has 0 radical (unpaired) electrons. The number of hydrogen-bond donors (Lipinski definition) is 1. The van der Waals surface area contributed by atoms with Crippen molar-refractivity contribution in [3.63, 3.8) is 0 Å². The van der Waals surface area contributed by atoms with Crippen LogP contribution in [0.25, 0.3) is 0 Å². The molecule has 0 atom stereocenters. The van der Waals surface area contributed by atoms with Crippen LogP contribution in [0.5, 0.6) is 11.5 Å². The van der Waals surface area contributed by atoms with Crippen molar-refractivity contribution in [3.8, 4) is 11.5 Å². The first-order valence-corrected chi connectivity index (χ1v) is 4.90. The van der Waals surface area contributed by atoms with E-state index in [-0.39, 0.29) is 5.56 Å². The van der Waals surface area contributed by atoms with Crippen molar-refractivity contribution in [3.05, 3.63) is 23.8 Å². The molecule has 18 heavy (non-hydrogen) atoms. The highest BCUT2D eigenvalue weighted by molar-refractivity contribution is 5.91. The molecule has 100 valence electrons. The molecule has 0 aliphatic carbocycles. The summed E-state index contributed by atoms with van der Waals surface area (Å²) in [5.74, 6) is 0.729. The number of rotatable bonds is 4. The van der Waals surface area contributed by atoms with Gasteiger partial charge >= 0.3 is 6.18 Å². The van der Waals surface area contributed by atoms with Gasteiger partial charge in [-0.1, -0.05) is 5.16 Å². The molecule has 0 saturated heterocycles. The molecule has 0 fully saturated rings. The van der Waals surface area contributed by atoms with Crippen LogP contribution in [-0.4, -0.2) is 31.3 Å². The first-order valence-electron chi connectivity index (χ1n) is 4.90. The van der Waals surface area contributed by atoms with Gasteiger partial charge in [-0.3, -0.25) is 0 Å². The lowest BCUT2D eigenvalue weighted by Gasteiger charge is -2.11. The molecule has 0 heterocycles. The molecular formula is C11H12F3NO3. The highest BCUT2D eigenvalue weighted by atomic mass is 19.4. The van der Waals surface area contributed by atoms with Gasteiger partial charge in [-0.15, -0.1) is 0 Å². The standard InChI is InChI=1S/C11H12F3NO3/c1-17-8-3-7(4-9(6-8)18-2)5-10(15-16)11(12,13)14/h3-4,6,16H,5H2,1-2H3. The Bertz CT molecular complexity index is 421. The molecule has 0 amide bonds. The Kier molecular flexibility index (Phi) is 4.41. The molecule has 1 aromatic carbocycles. The molecular weight excluding hydrogens is 251 g/mol. The molecule has 0 unspecified atom stereocenters. The number of oxime groups is 1. The van der Waals surface area contributed by atoms with Crippen LogP contribution in [0.4, 0.5) is 13.2 Å². The lowest BCUT2D eigenvalue weighted by Crippen LogP contribution is -2.25. The Morgan fingerprint density at radius 1 is 1.17 bits per heavy atom. The van der Waals surface area contributed by atoms with Crippen LogP contribution >= 0.6 is 0 Å². The Morgan fingerprint density at radius 2 is 1.67 bits per heavy atom. The van der Waals surface area contributed by atoms with Gasteiger partial charge in [0.1, 0.15) is 11.5 Å². The summed E-state index contributed by atoms with van der Waals surface area (Å²) >= 11 is 0. The van der Waals surface area contributed by atoms with E-state index in [4.69, 9.17) is 14.7 Å². The Morgan fingerprint density at radius 3 is 2.00 bits per heavy atom. The van der Waals surface area contributed by atoms with Gasteiger partial charge in [0.25, 0.3) is 0 Å². The zero-order valence-corrected chi connectivity index (χ0v) is 9.78. The van der Waals surface area contributed by atoms with Gasteiger partial charge in [-0.25, -0.2) is 0 Å². The summed E-state index contributed by atoms with van der Waals surface area (Å²) < 4.78 is 47.1. The lowest BCUT2D eigenvalue weighted by atomic mass is 10.1. The van der Waals surface area contributed by atoms with E-state index in [1.54, 1.807) is 0 Å². The number of nitrogens with zero attached hydrogens (tertiary/aromatic N) is 1. The van der Waals surface area contributed by atoms with Crippen LogP contribution < -0.4 is 9.47 Å². The van der Waals surface area contributed by atoms with Crippen LogP contribution in [0.2, 0.25) is 0 Å². The van der Waals surface area contributed by atoms with Crippen molar-refractivity contribution in [2.24, 2.45) is 5.16 Å². The second-order valence-electron chi connectivity index (χ2n) is 3.44. The fourth-order valence-electron chi connectivity index (χ4n) is 1.35. The van der Waals surface area contributed by atoms with Crippen molar-refractivity contribution >= 4 is 5.71 Å². The molecule has 1 rings (SSSR count). The van der Waals surface area contributed by atoms with E-state index in [0.717, 1.165) is 0 Å². The SMILES string of the molecule is COc1cc(CC(=NO)C(F)(F)F)cc(OC)c1. The number of ether oxygens (including phenoxy) is 2. The second kappa shape index (κ2) is 5.61. The maximum atomic E-state index is 12.4. The Labute approximate surface area is 102 Å². The molecule has 0 spiro atoms. The minimum atomic E-state index is -4.68. The average molecular weight is 263 g/mol. The van der Waals surface area contributed by atoms with E-state index in [2.05, 4.69) is 5.16 Å². The van der Waals surface area contributed by atoms with Crippen LogP contribution in [0.15, 0.2) is 23.4 Å². The zero-order chi connectivity index (χ0) is 13.8. The highest BCUT2D eigenvalue weighted by Crippen LogP contribution is 2.26. The summed E-state index contributed by atoms with van der Waals surface area (Å²) in [6.07, 6.45) is -5.24. The smallest absolute Gasteiger partial charge is 0.433 e. The molecule has 1 aromatic rings. The third kappa shape index (κ3) is 3.54. The van der Waals surface area contributed by atoms with Gasteiger partial charge in [0.05, 0.1) is 14.2 Å². The van der Waals surface area contributed by atoms with Gasteiger partial charge in [-0.05, 0) is 17.7 Å². The molecule has 0 aliphatic rings. The van der Waals surface area contributed by atoms with Gasteiger partial charge in [-0.2, -0.15) is 13.2 Å². The van der Waals surface area contributed by atoms with Crippen molar-refractivity contribution < 1.29 is 27.9 Å². The largest absolute Gasteiger partial charge is 0.497 e. The fourth-order valence-corrected chi connectivity index (χ4v) is 1.35. The molecule has 0 saturated carbocycles. The van der Waals surface area contributed by atoms with Crippen LogP contribution in [0, 0.1) is 0 Å². The molecule has 7 heteroatoms. The normalized spacial score (nSPS) is 12.4. The fraction of sp³-hybridized carbons (Fsp3) is 0.364. The van der Waals surface area contributed by atoms with E-state index in [1.165, 1.54) is 32.4 Å². The topological polar surface area (TPSA) is 51.0 Å². The van der Waals surface area contributed by atoms with E-state index < -0.39 is 18.3 Å². The Balaban J connectivity index is 3.03. The van der Waals surface area contributed by atoms with Crippen molar-refractivity contribution in [1.29, 1.82) is 0 Å². The number of hydrogen-bond acceptors (Lipinski definition) is 4. The summed E-state index contributed by atoms with van der Waals surface area (Å²) in [4.78, 5) is 0. The third-order valence-corrected chi connectivity index (χ3v) is 2.23. The van der Waals surface area contributed by atoms with E-state index in [1.807, 2.05) is 0 Å². The maximum Gasteiger partial charge on any atom is 0.433 e. The number of halogens is 3.